The Kier molecular flexibility index (Phi) is 1.53. The van der Waals surface area contributed by atoms with E-state index in [0.29, 0.717) is 6.42 Å². The van der Waals surface area contributed by atoms with Crippen molar-refractivity contribution in [3.8, 4) is 0 Å². The van der Waals surface area contributed by atoms with Crippen LogP contribution < -0.4 is 0 Å². The Balaban J connectivity index is 2.46. The number of hydroxylamine groups is 2. The van der Waals surface area contributed by atoms with Gasteiger partial charge in [-0.05, 0) is 0 Å². The molecule has 0 spiro atoms. The van der Waals surface area contributed by atoms with Gasteiger partial charge in [0.2, 0.25) is 5.91 Å². The fourth-order valence-electron chi connectivity index (χ4n) is 0.841. The lowest BCUT2D eigenvalue weighted by Gasteiger charge is -2.35. The molecule has 1 atom stereocenters. The van der Waals surface area contributed by atoms with Gasteiger partial charge in [-0.2, -0.15) is 0 Å². The predicted octanol–water partition coefficient (Wildman–Crippen LogP) is 0.335. The Morgan fingerprint density at radius 1 is 2.00 bits per heavy atom. The molecule has 0 N–H and O–H groups in total. The summed E-state index contributed by atoms with van der Waals surface area (Å²) < 4.78 is 0. The van der Waals surface area contributed by atoms with Gasteiger partial charge < -0.3 is 0 Å². The van der Waals surface area contributed by atoms with Crippen molar-refractivity contribution >= 4 is 5.91 Å². The summed E-state index contributed by atoms with van der Waals surface area (Å²) in [5, 5.41) is 1.31. The molecule has 1 aliphatic heterocycles. The standard InChI is InChI=1S/C6H9NO2/c1-3-5-4-6(8)7(5)9-2/h3,5H,1,4H2,2H3. The quantitative estimate of drug-likeness (QED) is 0.395. The maximum atomic E-state index is 10.6. The fraction of sp³-hybridized carbons (Fsp3) is 0.500. The zero-order valence-electron chi connectivity index (χ0n) is 5.33. The lowest BCUT2D eigenvalue weighted by Crippen LogP contribution is -2.50. The largest absolute Gasteiger partial charge is 0.274 e. The third-order valence-corrected chi connectivity index (χ3v) is 1.40. The van der Waals surface area contributed by atoms with E-state index < -0.39 is 0 Å². The highest BCUT2D eigenvalue weighted by molar-refractivity contribution is 5.82. The summed E-state index contributed by atoms with van der Waals surface area (Å²) >= 11 is 0. The van der Waals surface area contributed by atoms with Crippen LogP contribution in [0.2, 0.25) is 0 Å². The van der Waals surface area contributed by atoms with Crippen LogP contribution in [0, 0.1) is 0 Å². The maximum Gasteiger partial charge on any atom is 0.249 e. The number of hydrogen-bond donors (Lipinski definition) is 0. The number of hydrogen-bond acceptors (Lipinski definition) is 2. The Hall–Kier alpha value is -0.830. The minimum absolute atomic E-state index is 0.0300. The molecule has 3 heteroatoms. The van der Waals surface area contributed by atoms with Crippen LogP contribution in [0.25, 0.3) is 0 Å². The van der Waals surface area contributed by atoms with Gasteiger partial charge in [0.15, 0.2) is 0 Å². The van der Waals surface area contributed by atoms with E-state index >= 15 is 0 Å². The fourth-order valence-corrected chi connectivity index (χ4v) is 0.841. The monoisotopic (exact) mass is 127 g/mol. The summed E-state index contributed by atoms with van der Waals surface area (Å²) in [6.45, 7) is 3.54. The lowest BCUT2D eigenvalue weighted by atomic mass is 10.1. The molecule has 1 unspecified atom stereocenters. The van der Waals surface area contributed by atoms with Crippen molar-refractivity contribution < 1.29 is 9.63 Å². The van der Waals surface area contributed by atoms with Gasteiger partial charge in [-0.1, -0.05) is 6.08 Å². The SMILES string of the molecule is C=CC1CC(=O)N1OC. The first-order chi connectivity index (χ1) is 4.29. The number of amides is 1. The molecule has 9 heavy (non-hydrogen) atoms. The first kappa shape index (κ1) is 6.29. The number of carbonyl (C=O) groups is 1. The highest BCUT2D eigenvalue weighted by atomic mass is 16.7. The second kappa shape index (κ2) is 2.19. The molecule has 0 radical (unpaired) electrons. The van der Waals surface area contributed by atoms with Crippen molar-refractivity contribution in [3.05, 3.63) is 12.7 Å². The minimum Gasteiger partial charge on any atom is -0.274 e. The maximum absolute atomic E-state index is 10.6. The third-order valence-electron chi connectivity index (χ3n) is 1.40. The molecule has 0 aromatic rings. The molecular formula is C6H9NO2. The topological polar surface area (TPSA) is 29.5 Å². The van der Waals surface area contributed by atoms with E-state index in [-0.39, 0.29) is 11.9 Å². The van der Waals surface area contributed by atoms with Crippen molar-refractivity contribution in [2.24, 2.45) is 0 Å². The second-order valence-electron chi connectivity index (χ2n) is 1.91. The average Bonchev–Trinajstić information content (AvgIpc) is 1.83. The molecule has 0 saturated carbocycles. The molecule has 3 nitrogen and oxygen atoms in total. The van der Waals surface area contributed by atoms with Gasteiger partial charge in [0, 0.05) is 0 Å². The van der Waals surface area contributed by atoms with Crippen LogP contribution in [0.15, 0.2) is 12.7 Å². The molecule has 1 amide bonds. The van der Waals surface area contributed by atoms with Crippen molar-refractivity contribution in [2.75, 3.05) is 7.11 Å². The summed E-state index contributed by atoms with van der Waals surface area (Å²) in [5.41, 5.74) is 0. The summed E-state index contributed by atoms with van der Waals surface area (Å²) in [7, 11) is 1.48. The average molecular weight is 127 g/mol. The minimum atomic E-state index is 0.0300. The van der Waals surface area contributed by atoms with Gasteiger partial charge in [0.1, 0.15) is 0 Å². The van der Waals surface area contributed by atoms with E-state index in [4.69, 9.17) is 4.84 Å². The number of rotatable bonds is 2. The molecule has 1 saturated heterocycles. The Bertz CT molecular complexity index is 144. The van der Waals surface area contributed by atoms with E-state index in [2.05, 4.69) is 6.58 Å². The highest BCUT2D eigenvalue weighted by Gasteiger charge is 2.33. The van der Waals surface area contributed by atoms with Gasteiger partial charge in [0.05, 0.1) is 19.6 Å². The van der Waals surface area contributed by atoms with Gasteiger partial charge in [-0.15, -0.1) is 6.58 Å². The van der Waals surface area contributed by atoms with Crippen molar-refractivity contribution in [1.29, 1.82) is 0 Å². The molecule has 1 aliphatic rings. The first-order valence-corrected chi connectivity index (χ1v) is 2.78. The number of β-lactam (4-membered cyclic amide) rings is 1. The summed E-state index contributed by atoms with van der Waals surface area (Å²) in [6, 6.07) is 0.0995. The van der Waals surface area contributed by atoms with E-state index in [1.165, 1.54) is 12.2 Å². The van der Waals surface area contributed by atoms with Gasteiger partial charge in [-0.3, -0.25) is 9.63 Å². The van der Waals surface area contributed by atoms with Crippen molar-refractivity contribution in [1.82, 2.24) is 5.06 Å². The predicted molar refractivity (Wildman–Crippen MR) is 32.5 cm³/mol. The van der Waals surface area contributed by atoms with Crippen LogP contribution in [-0.4, -0.2) is 24.1 Å². The first-order valence-electron chi connectivity index (χ1n) is 2.78. The smallest absolute Gasteiger partial charge is 0.249 e. The summed E-state index contributed by atoms with van der Waals surface area (Å²) in [6.07, 6.45) is 2.24. The van der Waals surface area contributed by atoms with Crippen LogP contribution >= 0.6 is 0 Å². The molecule has 1 heterocycles. The molecule has 1 rings (SSSR count). The zero-order chi connectivity index (χ0) is 6.85. The van der Waals surface area contributed by atoms with Crippen LogP contribution in [0.3, 0.4) is 0 Å². The Morgan fingerprint density at radius 2 is 2.67 bits per heavy atom. The normalized spacial score (nSPS) is 25.7. The van der Waals surface area contributed by atoms with E-state index in [1.807, 2.05) is 0 Å². The molecular weight excluding hydrogens is 118 g/mol. The molecule has 0 aromatic heterocycles. The Morgan fingerprint density at radius 3 is 2.89 bits per heavy atom. The van der Waals surface area contributed by atoms with Gasteiger partial charge in [-0.25, -0.2) is 5.06 Å². The zero-order valence-corrected chi connectivity index (χ0v) is 5.33. The van der Waals surface area contributed by atoms with Crippen molar-refractivity contribution in [2.45, 2.75) is 12.5 Å². The van der Waals surface area contributed by atoms with Crippen LogP contribution in [0.1, 0.15) is 6.42 Å². The molecule has 50 valence electrons. The molecule has 0 aliphatic carbocycles. The summed E-state index contributed by atoms with van der Waals surface area (Å²) in [4.78, 5) is 15.3. The second-order valence-corrected chi connectivity index (χ2v) is 1.91. The number of nitrogens with zero attached hydrogens (tertiary/aromatic N) is 1. The van der Waals surface area contributed by atoms with Gasteiger partial charge >= 0.3 is 0 Å². The molecule has 0 bridgehead atoms. The van der Waals surface area contributed by atoms with Gasteiger partial charge in [0.25, 0.3) is 0 Å². The number of carbonyl (C=O) groups excluding carboxylic acids is 1. The van der Waals surface area contributed by atoms with Crippen LogP contribution in [0.4, 0.5) is 0 Å². The van der Waals surface area contributed by atoms with E-state index in [0.717, 1.165) is 0 Å². The lowest BCUT2D eigenvalue weighted by molar-refractivity contribution is -0.208. The Labute approximate surface area is 53.9 Å². The third kappa shape index (κ3) is 0.833. The highest BCUT2D eigenvalue weighted by Crippen LogP contribution is 2.18. The molecule has 1 fully saturated rings. The van der Waals surface area contributed by atoms with E-state index in [9.17, 15) is 4.79 Å². The van der Waals surface area contributed by atoms with Crippen molar-refractivity contribution in [3.63, 3.8) is 0 Å². The molecule has 0 aromatic carbocycles. The van der Waals surface area contributed by atoms with E-state index in [1.54, 1.807) is 6.08 Å². The van der Waals surface area contributed by atoms with Crippen LogP contribution in [0.5, 0.6) is 0 Å². The van der Waals surface area contributed by atoms with Crippen LogP contribution in [-0.2, 0) is 9.63 Å². The summed E-state index contributed by atoms with van der Waals surface area (Å²) in [5.74, 6) is 0.0300.